The van der Waals surface area contributed by atoms with E-state index in [1.165, 1.54) is 12.1 Å². The summed E-state index contributed by atoms with van der Waals surface area (Å²) >= 11 is 5.47. The number of rotatable bonds is 2. The van der Waals surface area contributed by atoms with Crippen LogP contribution in [0.25, 0.3) is 0 Å². The Morgan fingerprint density at radius 1 is 1.64 bits per heavy atom. The Labute approximate surface area is 69.7 Å². The molecule has 1 radical (unpaired) electrons. The minimum atomic E-state index is -0.542. The molecule has 0 heterocycles. The third-order valence-electron chi connectivity index (χ3n) is 1.13. The minimum Gasteiger partial charge on any atom is -0.491 e. The Hall–Kier alpha value is -0.760. The highest BCUT2D eigenvalue weighted by Gasteiger charge is 2.02. The third-order valence-corrected chi connectivity index (χ3v) is 1.35. The first-order valence-corrected chi connectivity index (χ1v) is 3.62. The maximum absolute atomic E-state index is 12.8. The maximum Gasteiger partial charge on any atom is 0.174 e. The molecule has 0 atom stereocenters. The predicted molar refractivity (Wildman–Crippen MR) is 41.4 cm³/mol. The lowest BCUT2D eigenvalue weighted by Crippen LogP contribution is -1.93. The van der Waals surface area contributed by atoms with Gasteiger partial charge in [-0.1, -0.05) is 11.6 Å². The Kier molecular flexibility index (Phi) is 2.71. The molecule has 0 saturated carbocycles. The molecule has 59 valence electrons. The highest BCUT2D eigenvalue weighted by Crippen LogP contribution is 2.19. The lowest BCUT2D eigenvalue weighted by atomic mass is 10.3. The number of benzene rings is 1. The molecule has 0 amide bonds. The average molecular weight is 174 g/mol. The Morgan fingerprint density at radius 3 is 2.91 bits per heavy atom. The summed E-state index contributed by atoms with van der Waals surface area (Å²) in [6.45, 7) is 2.22. The quantitative estimate of drug-likeness (QED) is 0.668. The van der Waals surface area contributed by atoms with Crippen LogP contribution in [0.5, 0.6) is 5.75 Å². The van der Waals surface area contributed by atoms with Crippen LogP contribution in [0, 0.1) is 11.9 Å². The first kappa shape index (κ1) is 8.34. The van der Waals surface area contributed by atoms with Crippen LogP contribution in [-0.2, 0) is 0 Å². The van der Waals surface area contributed by atoms with E-state index in [1.54, 1.807) is 6.92 Å². The lowest BCUT2D eigenvalue weighted by molar-refractivity contribution is 0.321. The highest BCUT2D eigenvalue weighted by atomic mass is 35.5. The highest BCUT2D eigenvalue weighted by molar-refractivity contribution is 6.30. The van der Waals surface area contributed by atoms with Gasteiger partial charge in [0, 0.05) is 6.07 Å². The van der Waals surface area contributed by atoms with E-state index >= 15 is 0 Å². The fourth-order valence-corrected chi connectivity index (χ4v) is 0.843. The van der Waals surface area contributed by atoms with Gasteiger partial charge in [-0.25, -0.2) is 4.39 Å². The summed E-state index contributed by atoms with van der Waals surface area (Å²) in [7, 11) is 0. The first-order valence-electron chi connectivity index (χ1n) is 3.24. The van der Waals surface area contributed by atoms with Crippen LogP contribution in [0.1, 0.15) is 6.92 Å². The fourth-order valence-electron chi connectivity index (χ4n) is 0.697. The summed E-state index contributed by atoms with van der Waals surface area (Å²) in [5, 5.41) is 0.256. The second-order valence-electron chi connectivity index (χ2n) is 1.92. The molecule has 1 nitrogen and oxygen atoms in total. The van der Waals surface area contributed by atoms with E-state index in [2.05, 4.69) is 6.07 Å². The van der Waals surface area contributed by atoms with Crippen molar-refractivity contribution in [1.29, 1.82) is 0 Å². The number of hydrogen-bond donors (Lipinski definition) is 0. The predicted octanol–water partition coefficient (Wildman–Crippen LogP) is 2.68. The minimum absolute atomic E-state index is 0.192. The van der Waals surface area contributed by atoms with Crippen molar-refractivity contribution in [3.05, 3.63) is 29.0 Å². The van der Waals surface area contributed by atoms with E-state index in [1.807, 2.05) is 0 Å². The maximum atomic E-state index is 12.8. The van der Waals surface area contributed by atoms with Gasteiger partial charge < -0.3 is 4.74 Å². The van der Waals surface area contributed by atoms with Crippen LogP contribution in [-0.4, -0.2) is 6.61 Å². The van der Waals surface area contributed by atoms with E-state index in [0.717, 1.165) is 0 Å². The average Bonchev–Trinajstić information content (AvgIpc) is 1.95. The summed E-state index contributed by atoms with van der Waals surface area (Å²) in [5.41, 5.74) is 0. The van der Waals surface area contributed by atoms with Crippen molar-refractivity contribution >= 4 is 11.6 Å². The molecule has 0 aliphatic rings. The van der Waals surface area contributed by atoms with E-state index in [0.29, 0.717) is 6.61 Å². The van der Waals surface area contributed by atoms with E-state index < -0.39 is 5.82 Å². The first-order chi connectivity index (χ1) is 5.24. The van der Waals surface area contributed by atoms with Crippen LogP contribution in [0.4, 0.5) is 4.39 Å². The Balaban J connectivity index is 2.90. The monoisotopic (exact) mass is 173 g/mol. The van der Waals surface area contributed by atoms with Gasteiger partial charge in [0.25, 0.3) is 0 Å². The largest absolute Gasteiger partial charge is 0.491 e. The molecule has 0 N–H and O–H groups in total. The molecule has 3 heteroatoms. The standard InChI is InChI=1S/C8H7ClFO/c1-2-11-8-4-3-6(9)5-7(8)10/h3-4H,2H2,1H3. The Morgan fingerprint density at radius 2 is 2.36 bits per heavy atom. The number of halogens is 2. The van der Waals surface area contributed by atoms with Crippen LogP contribution < -0.4 is 4.74 Å². The molecule has 0 aliphatic heterocycles. The van der Waals surface area contributed by atoms with Crippen LogP contribution in [0.3, 0.4) is 0 Å². The van der Waals surface area contributed by atoms with E-state index in [9.17, 15) is 4.39 Å². The van der Waals surface area contributed by atoms with Gasteiger partial charge in [0.05, 0.1) is 11.6 Å². The van der Waals surface area contributed by atoms with Crippen molar-refractivity contribution in [3.8, 4) is 5.75 Å². The smallest absolute Gasteiger partial charge is 0.174 e. The van der Waals surface area contributed by atoms with Gasteiger partial charge >= 0.3 is 0 Å². The second kappa shape index (κ2) is 3.58. The van der Waals surface area contributed by atoms with Crippen molar-refractivity contribution in [2.45, 2.75) is 6.92 Å². The molecule has 11 heavy (non-hydrogen) atoms. The molecule has 1 rings (SSSR count). The van der Waals surface area contributed by atoms with Gasteiger partial charge in [0.15, 0.2) is 11.6 Å². The third kappa shape index (κ3) is 2.09. The molecular formula is C8H7ClFO. The summed E-state index contributed by atoms with van der Waals surface area (Å²) in [5.74, 6) is -0.351. The zero-order chi connectivity index (χ0) is 8.27. The van der Waals surface area contributed by atoms with Crippen LogP contribution in [0.15, 0.2) is 12.1 Å². The summed E-state index contributed by atoms with van der Waals surface area (Å²) in [6, 6.07) is 5.32. The molecule has 0 aromatic heterocycles. The summed E-state index contributed by atoms with van der Waals surface area (Å²) < 4.78 is 17.7. The molecule has 0 bridgehead atoms. The molecule has 1 aromatic rings. The van der Waals surface area contributed by atoms with Gasteiger partial charge in [0.1, 0.15) is 0 Å². The van der Waals surface area contributed by atoms with E-state index in [-0.39, 0.29) is 10.8 Å². The molecule has 0 spiro atoms. The van der Waals surface area contributed by atoms with Crippen molar-refractivity contribution < 1.29 is 9.13 Å². The van der Waals surface area contributed by atoms with Gasteiger partial charge in [-0.2, -0.15) is 0 Å². The molecule has 1 aromatic carbocycles. The molecule has 0 unspecified atom stereocenters. The lowest BCUT2D eigenvalue weighted by Gasteiger charge is -2.02. The SMILES string of the molecule is CCOc1ccc(Cl)[c]c1F. The zero-order valence-electron chi connectivity index (χ0n) is 6.03. The van der Waals surface area contributed by atoms with Crippen molar-refractivity contribution in [2.75, 3.05) is 6.61 Å². The number of hydrogen-bond acceptors (Lipinski definition) is 1. The summed E-state index contributed by atoms with van der Waals surface area (Å²) in [4.78, 5) is 0. The molecule has 0 aliphatic carbocycles. The molecule has 0 fully saturated rings. The van der Waals surface area contributed by atoms with Crippen molar-refractivity contribution in [2.24, 2.45) is 0 Å². The van der Waals surface area contributed by atoms with Gasteiger partial charge in [-0.3, -0.25) is 0 Å². The fraction of sp³-hybridized carbons (Fsp3) is 0.250. The Bertz CT molecular complexity index is 250. The zero-order valence-corrected chi connectivity index (χ0v) is 6.78. The second-order valence-corrected chi connectivity index (χ2v) is 2.32. The van der Waals surface area contributed by atoms with Crippen LogP contribution >= 0.6 is 11.6 Å². The van der Waals surface area contributed by atoms with Crippen LogP contribution in [0.2, 0.25) is 5.02 Å². The van der Waals surface area contributed by atoms with Gasteiger partial charge in [-0.05, 0) is 19.1 Å². The molecular weight excluding hydrogens is 167 g/mol. The topological polar surface area (TPSA) is 9.23 Å². The van der Waals surface area contributed by atoms with Gasteiger partial charge in [-0.15, -0.1) is 0 Å². The normalized spacial score (nSPS) is 9.73. The molecule has 0 saturated heterocycles. The van der Waals surface area contributed by atoms with Gasteiger partial charge in [0.2, 0.25) is 0 Å². The van der Waals surface area contributed by atoms with E-state index in [4.69, 9.17) is 16.3 Å². The van der Waals surface area contributed by atoms with Crippen molar-refractivity contribution in [1.82, 2.24) is 0 Å². The van der Waals surface area contributed by atoms with Crippen molar-refractivity contribution in [3.63, 3.8) is 0 Å². The number of ether oxygens (including phenoxy) is 1. The summed E-state index contributed by atoms with van der Waals surface area (Å²) in [6.07, 6.45) is 0.